The second kappa shape index (κ2) is 7.67. The van der Waals surface area contributed by atoms with Crippen LogP contribution in [-0.4, -0.2) is 10.8 Å². The van der Waals surface area contributed by atoms with Gasteiger partial charge in [-0.15, -0.1) is 0 Å². The Morgan fingerprint density at radius 3 is 2.35 bits per heavy atom. The average Bonchev–Trinajstić information content (AvgIpc) is 2.65. The molecule has 0 atom stereocenters. The number of anilines is 1. The number of nitrogens with zero attached hydrogens (tertiary/aromatic N) is 1. The van der Waals surface area contributed by atoms with Crippen molar-refractivity contribution in [3.8, 4) is 11.5 Å². The molecule has 1 N–H and O–H groups in total. The van der Waals surface area contributed by atoms with Crippen molar-refractivity contribution >= 4 is 28.9 Å². The molecule has 6 nitrogen and oxygen atoms in total. The fourth-order valence-electron chi connectivity index (χ4n) is 2.23. The summed E-state index contributed by atoms with van der Waals surface area (Å²) >= 11 is 6.02. The molecule has 0 unspecified atom stereocenters. The van der Waals surface area contributed by atoms with Crippen LogP contribution in [0.4, 0.5) is 11.4 Å². The third-order valence-electron chi connectivity index (χ3n) is 3.50. The molecule has 0 radical (unpaired) electrons. The molecule has 0 aromatic heterocycles. The Balaban J connectivity index is 1.83. The number of hydrogen-bond acceptors (Lipinski definition) is 4. The van der Waals surface area contributed by atoms with Gasteiger partial charge in [-0.3, -0.25) is 14.9 Å². The first kappa shape index (κ1) is 17.4. The molecule has 0 aliphatic heterocycles. The van der Waals surface area contributed by atoms with E-state index in [1.54, 1.807) is 30.3 Å². The van der Waals surface area contributed by atoms with Crippen molar-refractivity contribution in [2.45, 2.75) is 0 Å². The molecule has 130 valence electrons. The number of para-hydroxylation sites is 1. The summed E-state index contributed by atoms with van der Waals surface area (Å²) in [5.74, 6) is 0.608. The minimum absolute atomic E-state index is 0.0857. The summed E-state index contributed by atoms with van der Waals surface area (Å²) in [6, 6.07) is 19.3. The highest BCUT2D eigenvalue weighted by Gasteiger charge is 2.13. The highest BCUT2D eigenvalue weighted by atomic mass is 35.5. The standard InChI is InChI=1S/C19H13ClN2O4/c20-14-8-11-18(26-16-4-2-1-3-5-16)17(12-14)21-19(23)13-6-9-15(10-7-13)22(24)25/h1-12H,(H,21,23). The van der Waals surface area contributed by atoms with Gasteiger partial charge in [0.25, 0.3) is 11.6 Å². The van der Waals surface area contributed by atoms with Gasteiger partial charge >= 0.3 is 0 Å². The molecule has 0 fully saturated rings. The Kier molecular flexibility index (Phi) is 5.15. The zero-order chi connectivity index (χ0) is 18.5. The lowest BCUT2D eigenvalue weighted by atomic mass is 10.2. The van der Waals surface area contributed by atoms with Crippen LogP contribution in [0.25, 0.3) is 0 Å². The van der Waals surface area contributed by atoms with Crippen molar-refractivity contribution in [3.05, 3.63) is 93.5 Å². The highest BCUT2D eigenvalue weighted by Crippen LogP contribution is 2.32. The third-order valence-corrected chi connectivity index (χ3v) is 3.74. The minimum atomic E-state index is -0.523. The first-order valence-corrected chi connectivity index (χ1v) is 7.99. The number of hydrogen-bond donors (Lipinski definition) is 1. The predicted octanol–water partition coefficient (Wildman–Crippen LogP) is 5.29. The zero-order valence-electron chi connectivity index (χ0n) is 13.4. The molecule has 7 heteroatoms. The van der Waals surface area contributed by atoms with Gasteiger partial charge in [-0.2, -0.15) is 0 Å². The van der Waals surface area contributed by atoms with E-state index in [4.69, 9.17) is 16.3 Å². The largest absolute Gasteiger partial charge is 0.455 e. The first-order valence-electron chi connectivity index (χ1n) is 7.61. The van der Waals surface area contributed by atoms with Gasteiger partial charge in [-0.05, 0) is 42.5 Å². The third kappa shape index (κ3) is 4.17. The van der Waals surface area contributed by atoms with Crippen LogP contribution < -0.4 is 10.1 Å². The van der Waals surface area contributed by atoms with Crippen molar-refractivity contribution in [1.82, 2.24) is 0 Å². The lowest BCUT2D eigenvalue weighted by molar-refractivity contribution is -0.384. The van der Waals surface area contributed by atoms with Gasteiger partial charge in [0, 0.05) is 22.7 Å². The van der Waals surface area contributed by atoms with E-state index in [2.05, 4.69) is 5.32 Å². The molecule has 0 heterocycles. The van der Waals surface area contributed by atoms with Crippen molar-refractivity contribution in [2.24, 2.45) is 0 Å². The van der Waals surface area contributed by atoms with Gasteiger partial charge in [-0.25, -0.2) is 0 Å². The van der Waals surface area contributed by atoms with E-state index in [1.165, 1.54) is 24.3 Å². The van der Waals surface area contributed by atoms with Crippen molar-refractivity contribution in [2.75, 3.05) is 5.32 Å². The maximum atomic E-state index is 12.4. The summed E-state index contributed by atoms with van der Waals surface area (Å²) in [6.45, 7) is 0. The zero-order valence-corrected chi connectivity index (χ0v) is 14.1. The van der Waals surface area contributed by atoms with E-state index >= 15 is 0 Å². The van der Waals surface area contributed by atoms with Crippen molar-refractivity contribution in [3.63, 3.8) is 0 Å². The van der Waals surface area contributed by atoms with E-state index in [9.17, 15) is 14.9 Å². The average molecular weight is 369 g/mol. The topological polar surface area (TPSA) is 81.5 Å². The van der Waals surface area contributed by atoms with Crippen LogP contribution in [0, 0.1) is 10.1 Å². The molecule has 0 spiro atoms. The molecule has 1 amide bonds. The summed E-state index contributed by atoms with van der Waals surface area (Å²) < 4.78 is 5.79. The Labute approximate surface area is 154 Å². The molecule has 0 aliphatic carbocycles. The SMILES string of the molecule is O=C(Nc1cc(Cl)ccc1Oc1ccccc1)c1ccc([N+](=O)[O-])cc1. The normalized spacial score (nSPS) is 10.2. The van der Waals surface area contributed by atoms with E-state index in [0.717, 1.165) is 0 Å². The number of amides is 1. The number of rotatable bonds is 5. The second-order valence-corrected chi connectivity index (χ2v) is 5.75. The Hall–Kier alpha value is -3.38. The van der Waals surface area contributed by atoms with Crippen LogP contribution in [0.5, 0.6) is 11.5 Å². The molecule has 0 bridgehead atoms. The molecular formula is C19H13ClN2O4. The molecular weight excluding hydrogens is 356 g/mol. The van der Waals surface area contributed by atoms with Crippen LogP contribution >= 0.6 is 11.6 Å². The molecule has 26 heavy (non-hydrogen) atoms. The Morgan fingerprint density at radius 2 is 1.69 bits per heavy atom. The molecule has 0 saturated carbocycles. The Morgan fingerprint density at radius 1 is 1.00 bits per heavy atom. The highest BCUT2D eigenvalue weighted by molar-refractivity contribution is 6.31. The van der Waals surface area contributed by atoms with E-state index < -0.39 is 10.8 Å². The summed E-state index contributed by atoms with van der Waals surface area (Å²) in [6.07, 6.45) is 0. The van der Waals surface area contributed by atoms with Gasteiger partial charge < -0.3 is 10.1 Å². The predicted molar refractivity (Wildman–Crippen MR) is 99.0 cm³/mol. The quantitative estimate of drug-likeness (QED) is 0.489. The van der Waals surface area contributed by atoms with Crippen molar-refractivity contribution < 1.29 is 14.5 Å². The summed E-state index contributed by atoms with van der Waals surface area (Å²) in [4.78, 5) is 22.6. The fraction of sp³-hybridized carbons (Fsp3) is 0. The number of ether oxygens (including phenoxy) is 1. The van der Waals surface area contributed by atoms with Gasteiger partial charge in [0.1, 0.15) is 5.75 Å². The molecule has 3 aromatic rings. The number of halogens is 1. The number of nitrogens with one attached hydrogen (secondary N) is 1. The van der Waals surface area contributed by atoms with Gasteiger partial charge in [0.15, 0.2) is 5.75 Å². The lowest BCUT2D eigenvalue weighted by Crippen LogP contribution is -2.12. The lowest BCUT2D eigenvalue weighted by Gasteiger charge is -2.13. The maximum Gasteiger partial charge on any atom is 0.269 e. The van der Waals surface area contributed by atoms with E-state index in [0.29, 0.717) is 22.2 Å². The van der Waals surface area contributed by atoms with Crippen LogP contribution in [0.15, 0.2) is 72.8 Å². The second-order valence-electron chi connectivity index (χ2n) is 5.31. The number of nitro groups is 1. The van der Waals surface area contributed by atoms with Crippen molar-refractivity contribution in [1.29, 1.82) is 0 Å². The van der Waals surface area contributed by atoms with E-state index in [-0.39, 0.29) is 11.3 Å². The number of carbonyl (C=O) groups is 1. The van der Waals surface area contributed by atoms with Crippen LogP contribution in [0.2, 0.25) is 5.02 Å². The van der Waals surface area contributed by atoms with Gasteiger partial charge in [-0.1, -0.05) is 29.8 Å². The monoisotopic (exact) mass is 368 g/mol. The number of non-ortho nitro benzene ring substituents is 1. The number of nitro benzene ring substituents is 1. The molecule has 3 rings (SSSR count). The van der Waals surface area contributed by atoms with Crippen LogP contribution in [0.1, 0.15) is 10.4 Å². The number of benzene rings is 3. The molecule has 0 saturated heterocycles. The maximum absolute atomic E-state index is 12.4. The van der Waals surface area contributed by atoms with Crippen LogP contribution in [-0.2, 0) is 0 Å². The summed E-state index contributed by atoms with van der Waals surface area (Å²) in [5, 5.41) is 13.9. The smallest absolute Gasteiger partial charge is 0.269 e. The van der Waals surface area contributed by atoms with E-state index in [1.807, 2.05) is 18.2 Å². The number of carbonyl (C=O) groups excluding carboxylic acids is 1. The summed E-state index contributed by atoms with van der Waals surface area (Å²) in [7, 11) is 0. The minimum Gasteiger partial charge on any atom is -0.455 e. The molecule has 3 aromatic carbocycles. The van der Waals surface area contributed by atoms with Crippen LogP contribution in [0.3, 0.4) is 0 Å². The molecule has 0 aliphatic rings. The summed E-state index contributed by atoms with van der Waals surface area (Å²) in [5.41, 5.74) is 0.586. The Bertz CT molecular complexity index is 944. The fourth-order valence-corrected chi connectivity index (χ4v) is 2.41. The van der Waals surface area contributed by atoms with Gasteiger partial charge in [0.05, 0.1) is 10.6 Å². The van der Waals surface area contributed by atoms with Gasteiger partial charge in [0.2, 0.25) is 0 Å². The first-order chi connectivity index (χ1) is 12.5.